The van der Waals surface area contributed by atoms with Gasteiger partial charge < -0.3 is 29.6 Å². The van der Waals surface area contributed by atoms with E-state index >= 15 is 0 Å². The molecule has 13 nitrogen and oxygen atoms in total. The van der Waals surface area contributed by atoms with Crippen molar-refractivity contribution in [2.75, 3.05) is 63.1 Å². The Balaban J connectivity index is 0.981. The van der Waals surface area contributed by atoms with Gasteiger partial charge in [0.15, 0.2) is 23.1 Å². The first-order valence-electron chi connectivity index (χ1n) is 16.6. The van der Waals surface area contributed by atoms with Crippen LogP contribution in [0.15, 0.2) is 83.6 Å². The summed E-state index contributed by atoms with van der Waals surface area (Å²) in [7, 11) is 0. The summed E-state index contributed by atoms with van der Waals surface area (Å²) in [6, 6.07) is 20.8. The summed E-state index contributed by atoms with van der Waals surface area (Å²) >= 11 is 0. The largest absolute Gasteiger partial charge is 0.494 e. The first-order valence-corrected chi connectivity index (χ1v) is 16.6. The predicted molar refractivity (Wildman–Crippen MR) is 182 cm³/mol. The maximum absolute atomic E-state index is 14.4. The fourth-order valence-electron chi connectivity index (χ4n) is 6.75. The minimum Gasteiger partial charge on any atom is -0.494 e. The Morgan fingerprint density at radius 3 is 2.44 bits per heavy atom. The van der Waals surface area contributed by atoms with Gasteiger partial charge in [0.1, 0.15) is 5.75 Å². The molecule has 0 spiro atoms. The van der Waals surface area contributed by atoms with Crippen LogP contribution in [0, 0.1) is 0 Å². The van der Waals surface area contributed by atoms with Crippen LogP contribution in [0.1, 0.15) is 30.9 Å². The van der Waals surface area contributed by atoms with Gasteiger partial charge in [-0.2, -0.15) is 14.6 Å². The molecule has 48 heavy (non-hydrogen) atoms. The number of anilines is 2. The third-order valence-electron chi connectivity index (χ3n) is 9.27. The SMILES string of the molecule is Nc1nc2c(cnn2C(C(=O)N2CCN(c3ccc(OCCCN4CCCC4)cc3)CC2)c2ccccc2)c2nc(-c3ccco3)nn12. The highest BCUT2D eigenvalue weighted by atomic mass is 16.5. The first kappa shape index (κ1) is 29.9. The minimum atomic E-state index is -0.737. The van der Waals surface area contributed by atoms with Crippen LogP contribution in [0.2, 0.25) is 0 Å². The van der Waals surface area contributed by atoms with E-state index in [1.165, 1.54) is 30.4 Å². The second-order valence-electron chi connectivity index (χ2n) is 12.3. The Hall–Kier alpha value is -5.43. The molecule has 2 N–H and O–H groups in total. The van der Waals surface area contributed by atoms with Gasteiger partial charge in [0.2, 0.25) is 11.8 Å². The number of aromatic nitrogens is 6. The van der Waals surface area contributed by atoms with Crippen LogP contribution in [0.3, 0.4) is 0 Å². The number of carbonyl (C=O) groups excluding carboxylic acids is 1. The Morgan fingerprint density at radius 2 is 1.69 bits per heavy atom. The molecule has 1 amide bonds. The number of hydrogen-bond acceptors (Lipinski definition) is 10. The average Bonchev–Trinajstić information content (AvgIpc) is 3.96. The van der Waals surface area contributed by atoms with Crippen LogP contribution >= 0.6 is 0 Å². The highest BCUT2D eigenvalue weighted by molar-refractivity contribution is 5.92. The van der Waals surface area contributed by atoms with Gasteiger partial charge in [0, 0.05) is 38.4 Å². The zero-order valence-corrected chi connectivity index (χ0v) is 26.7. The standard InChI is InChI=1S/C35H38N10O3/c36-35-39-33-28(32-38-31(40-45(32)35)29-10-6-22-48-29)24-37-44(33)30(25-8-2-1-3-9-25)34(46)43-20-18-42(19-21-43)26-11-13-27(14-12-26)47-23-7-17-41-15-4-5-16-41/h1-3,6,8-14,22,24,30H,4-5,7,15-21,23H2,(H2,36,39). The molecule has 2 fully saturated rings. The Kier molecular flexibility index (Phi) is 8.10. The van der Waals surface area contributed by atoms with E-state index in [1.54, 1.807) is 29.3 Å². The molecule has 0 radical (unpaired) electrons. The molecule has 2 saturated heterocycles. The Morgan fingerprint density at radius 1 is 0.896 bits per heavy atom. The topological polar surface area (TPSA) is 136 Å². The monoisotopic (exact) mass is 646 g/mol. The molecule has 0 saturated carbocycles. The van der Waals surface area contributed by atoms with Crippen molar-refractivity contribution < 1.29 is 13.9 Å². The fourth-order valence-corrected chi connectivity index (χ4v) is 6.75. The van der Waals surface area contributed by atoms with E-state index < -0.39 is 6.04 Å². The summed E-state index contributed by atoms with van der Waals surface area (Å²) in [4.78, 5) is 30.4. The molecule has 0 aliphatic carbocycles. The second-order valence-corrected chi connectivity index (χ2v) is 12.3. The van der Waals surface area contributed by atoms with Crippen molar-refractivity contribution in [2.45, 2.75) is 25.3 Å². The van der Waals surface area contributed by atoms with Crippen LogP contribution in [0.5, 0.6) is 5.75 Å². The van der Waals surface area contributed by atoms with Gasteiger partial charge in [-0.3, -0.25) is 4.79 Å². The molecule has 4 aromatic heterocycles. The van der Waals surface area contributed by atoms with E-state index in [0.717, 1.165) is 36.6 Å². The van der Waals surface area contributed by atoms with Gasteiger partial charge in [-0.25, -0.2) is 9.67 Å². The van der Waals surface area contributed by atoms with E-state index in [0.29, 0.717) is 54.4 Å². The van der Waals surface area contributed by atoms with Crippen molar-refractivity contribution in [1.29, 1.82) is 0 Å². The molecule has 13 heteroatoms. The number of ether oxygens (including phenoxy) is 1. The first-order chi connectivity index (χ1) is 23.6. The predicted octanol–water partition coefficient (Wildman–Crippen LogP) is 4.12. The van der Waals surface area contributed by atoms with E-state index in [2.05, 4.69) is 37.0 Å². The second kappa shape index (κ2) is 13.0. The summed E-state index contributed by atoms with van der Waals surface area (Å²) in [5.41, 5.74) is 9.25. The molecule has 2 aliphatic rings. The third kappa shape index (κ3) is 5.81. The third-order valence-corrected chi connectivity index (χ3v) is 9.27. The fraction of sp³-hybridized carbons (Fsp3) is 0.343. The number of nitrogens with zero attached hydrogens (tertiary/aromatic N) is 9. The number of nitrogens with two attached hydrogens (primary N) is 1. The Bertz CT molecular complexity index is 1990. The molecular weight excluding hydrogens is 608 g/mol. The van der Waals surface area contributed by atoms with E-state index in [4.69, 9.17) is 20.0 Å². The van der Waals surface area contributed by atoms with Crippen LogP contribution in [-0.4, -0.2) is 97.5 Å². The quantitative estimate of drug-likeness (QED) is 0.217. The summed E-state index contributed by atoms with van der Waals surface area (Å²) in [5.74, 6) is 1.87. The summed E-state index contributed by atoms with van der Waals surface area (Å²) in [5, 5.41) is 9.81. The van der Waals surface area contributed by atoms with Crippen molar-refractivity contribution in [3.05, 3.63) is 84.8 Å². The molecule has 6 aromatic rings. The lowest BCUT2D eigenvalue weighted by Crippen LogP contribution is -2.51. The van der Waals surface area contributed by atoms with E-state index in [-0.39, 0.29) is 11.9 Å². The van der Waals surface area contributed by atoms with Gasteiger partial charge in [0.05, 0.1) is 24.5 Å². The molecule has 1 unspecified atom stereocenters. The lowest BCUT2D eigenvalue weighted by Gasteiger charge is -2.37. The van der Waals surface area contributed by atoms with Crippen molar-refractivity contribution in [3.8, 4) is 17.3 Å². The van der Waals surface area contributed by atoms with Crippen LogP contribution in [0.25, 0.3) is 28.3 Å². The Labute approximate surface area is 277 Å². The highest BCUT2D eigenvalue weighted by Gasteiger charge is 2.33. The van der Waals surface area contributed by atoms with Gasteiger partial charge >= 0.3 is 0 Å². The number of hydrogen-bond donors (Lipinski definition) is 1. The van der Waals surface area contributed by atoms with Crippen molar-refractivity contribution >= 4 is 34.2 Å². The molecule has 246 valence electrons. The van der Waals surface area contributed by atoms with Gasteiger partial charge in [0.25, 0.3) is 5.91 Å². The van der Waals surface area contributed by atoms with E-state index in [9.17, 15) is 4.79 Å². The van der Waals surface area contributed by atoms with Crippen molar-refractivity contribution in [1.82, 2.24) is 39.2 Å². The van der Waals surface area contributed by atoms with Crippen LogP contribution in [0.4, 0.5) is 11.6 Å². The summed E-state index contributed by atoms with van der Waals surface area (Å²) < 4.78 is 14.6. The smallest absolute Gasteiger partial charge is 0.252 e. The number of likely N-dealkylation sites (tertiary alicyclic amines) is 1. The highest BCUT2D eigenvalue weighted by Crippen LogP contribution is 2.29. The molecule has 8 rings (SSSR count). The molecular formula is C35H38N10O3. The number of rotatable bonds is 10. The average molecular weight is 647 g/mol. The van der Waals surface area contributed by atoms with Gasteiger partial charge in [-0.1, -0.05) is 30.3 Å². The maximum atomic E-state index is 14.4. The number of piperazine rings is 1. The summed E-state index contributed by atoms with van der Waals surface area (Å²) in [6.45, 7) is 6.84. The zero-order chi connectivity index (χ0) is 32.5. The summed E-state index contributed by atoms with van der Waals surface area (Å²) in [6.07, 6.45) is 6.90. The number of nitrogen functional groups attached to an aromatic ring is 1. The number of carbonyl (C=O) groups is 1. The number of amides is 1. The lowest BCUT2D eigenvalue weighted by molar-refractivity contribution is -0.134. The van der Waals surface area contributed by atoms with Gasteiger partial charge in [-0.15, -0.1) is 5.10 Å². The zero-order valence-electron chi connectivity index (χ0n) is 26.7. The minimum absolute atomic E-state index is 0.0542. The molecule has 2 aromatic carbocycles. The normalized spacial score (nSPS) is 16.2. The molecule has 1 atom stereocenters. The molecule has 0 bridgehead atoms. The van der Waals surface area contributed by atoms with Crippen LogP contribution < -0.4 is 15.4 Å². The number of fused-ring (bicyclic) bond motifs is 3. The van der Waals surface area contributed by atoms with Crippen molar-refractivity contribution in [3.63, 3.8) is 0 Å². The van der Waals surface area contributed by atoms with Crippen molar-refractivity contribution in [2.24, 2.45) is 0 Å². The number of benzene rings is 2. The molecule has 6 heterocycles. The van der Waals surface area contributed by atoms with E-state index in [1.807, 2.05) is 47.4 Å². The maximum Gasteiger partial charge on any atom is 0.252 e. The van der Waals surface area contributed by atoms with Gasteiger partial charge in [-0.05, 0) is 74.3 Å². The number of furan rings is 1. The van der Waals surface area contributed by atoms with Crippen LogP contribution in [-0.2, 0) is 4.79 Å². The molecule has 2 aliphatic heterocycles. The lowest BCUT2D eigenvalue weighted by atomic mass is 10.0.